The van der Waals surface area contributed by atoms with Gasteiger partial charge >= 0.3 is 0 Å². The highest BCUT2D eigenvalue weighted by Gasteiger charge is 2.36. The van der Waals surface area contributed by atoms with Crippen LogP contribution < -0.4 is 0 Å². The second-order valence-corrected chi connectivity index (χ2v) is 15.2. The Labute approximate surface area is 342 Å². The normalized spacial score (nSPS) is 12.4. The highest BCUT2D eigenvalue weighted by molar-refractivity contribution is 5.86. The van der Waals surface area contributed by atoms with Crippen molar-refractivity contribution in [3.63, 3.8) is 0 Å². The van der Waals surface area contributed by atoms with Gasteiger partial charge in [-0.15, -0.1) is 0 Å². The highest BCUT2D eigenvalue weighted by Crippen LogP contribution is 2.50. The van der Waals surface area contributed by atoms with E-state index in [-0.39, 0.29) is 5.41 Å². The first-order chi connectivity index (χ1) is 28.9. The summed E-state index contributed by atoms with van der Waals surface area (Å²) in [7, 11) is 0. The van der Waals surface area contributed by atoms with E-state index < -0.39 is 0 Å². The molecule has 9 aromatic rings. The van der Waals surface area contributed by atoms with E-state index in [0.717, 1.165) is 61.2 Å². The van der Waals surface area contributed by atoms with Crippen molar-refractivity contribution in [1.82, 2.24) is 29.9 Å². The molecule has 0 N–H and O–H groups in total. The molecule has 278 valence electrons. The molecule has 7 heteroatoms. The van der Waals surface area contributed by atoms with Gasteiger partial charge in [-0.25, -0.2) is 15.0 Å². The Morgan fingerprint density at radius 1 is 0.390 bits per heavy atom. The van der Waals surface area contributed by atoms with E-state index in [1.54, 1.807) is 18.6 Å². The highest BCUT2D eigenvalue weighted by atomic mass is 15.0. The third kappa shape index (κ3) is 6.63. The fourth-order valence-electron chi connectivity index (χ4n) is 8.12. The summed E-state index contributed by atoms with van der Waals surface area (Å²) < 4.78 is 0. The third-order valence-corrected chi connectivity index (χ3v) is 11.2. The van der Waals surface area contributed by atoms with Crippen LogP contribution in [0.5, 0.6) is 0 Å². The van der Waals surface area contributed by atoms with E-state index in [4.69, 9.17) is 15.0 Å². The molecule has 59 heavy (non-hydrogen) atoms. The molecule has 1 aliphatic carbocycles. The minimum Gasteiger partial charge on any atom is -0.264 e. The zero-order valence-corrected chi connectivity index (χ0v) is 32.4. The Morgan fingerprint density at radius 2 is 0.797 bits per heavy atom. The third-order valence-electron chi connectivity index (χ3n) is 11.2. The number of hydrogen-bond donors (Lipinski definition) is 0. The zero-order chi connectivity index (χ0) is 39.9. The standard InChI is InChI=1S/C52H35N7/c1-52(2)47-22-33(29-53)15-17-45(47)46-18-16-36(28-48(46)52)42-25-43(41-14-7-21-56-32-41)27-44(26-42)51-58-49(37-10-3-8-34(23-37)39-12-5-19-54-30-39)57-50(59-51)38-11-4-9-35(24-38)40-13-6-20-55-31-40/h3-28,30-32H,1-2H3. The molecule has 1 aliphatic rings. The number of nitrogens with zero attached hydrogens (tertiary/aromatic N) is 7. The zero-order valence-electron chi connectivity index (χ0n) is 32.4. The molecule has 5 aromatic carbocycles. The van der Waals surface area contributed by atoms with Crippen molar-refractivity contribution in [3.8, 4) is 95.9 Å². The van der Waals surface area contributed by atoms with Gasteiger partial charge in [0.05, 0.1) is 11.6 Å². The maximum absolute atomic E-state index is 9.70. The van der Waals surface area contributed by atoms with E-state index in [0.29, 0.717) is 23.0 Å². The van der Waals surface area contributed by atoms with E-state index in [2.05, 4.69) is 108 Å². The van der Waals surface area contributed by atoms with Crippen molar-refractivity contribution < 1.29 is 0 Å². The van der Waals surface area contributed by atoms with Crippen molar-refractivity contribution in [2.45, 2.75) is 19.3 Å². The summed E-state index contributed by atoms with van der Waals surface area (Å²) in [6, 6.07) is 50.1. The van der Waals surface area contributed by atoms with Crippen LogP contribution in [0.1, 0.15) is 30.5 Å². The smallest absolute Gasteiger partial charge is 0.164 e. The molecule has 4 aromatic heterocycles. The summed E-state index contributed by atoms with van der Waals surface area (Å²) in [6.07, 6.45) is 11.0. The van der Waals surface area contributed by atoms with Gasteiger partial charge in [-0.2, -0.15) is 5.26 Å². The SMILES string of the molecule is CC1(C)c2cc(C#N)ccc2-c2ccc(-c3cc(-c4cccnc4)cc(-c4nc(-c5cccc(-c6cccnc6)c5)nc(-c5cccc(-c6cccnc6)c5)n4)c3)cc21. The lowest BCUT2D eigenvalue weighted by molar-refractivity contribution is 0.660. The fourth-order valence-corrected chi connectivity index (χ4v) is 8.12. The molecule has 10 rings (SSSR count). The van der Waals surface area contributed by atoms with Crippen LogP contribution in [-0.4, -0.2) is 29.9 Å². The Morgan fingerprint density at radius 3 is 1.32 bits per heavy atom. The Balaban J connectivity index is 1.16. The van der Waals surface area contributed by atoms with Crippen LogP contribution in [0.4, 0.5) is 0 Å². The first-order valence-corrected chi connectivity index (χ1v) is 19.4. The minimum atomic E-state index is -0.288. The van der Waals surface area contributed by atoms with Crippen LogP contribution >= 0.6 is 0 Å². The molecule has 0 radical (unpaired) electrons. The number of benzene rings is 5. The number of fused-ring (bicyclic) bond motifs is 3. The molecule has 0 bridgehead atoms. The van der Waals surface area contributed by atoms with Crippen LogP contribution in [0.25, 0.3) is 89.8 Å². The van der Waals surface area contributed by atoms with Crippen LogP contribution in [0.15, 0.2) is 177 Å². The summed E-state index contributed by atoms with van der Waals surface area (Å²) in [6.45, 7) is 4.47. The molecular weight excluding hydrogens is 723 g/mol. The number of rotatable bonds is 7. The van der Waals surface area contributed by atoms with Gasteiger partial charge in [-0.3, -0.25) is 15.0 Å². The molecule has 0 amide bonds. The number of hydrogen-bond acceptors (Lipinski definition) is 7. The van der Waals surface area contributed by atoms with Crippen LogP contribution in [0.2, 0.25) is 0 Å². The molecule has 0 atom stereocenters. The molecule has 0 saturated carbocycles. The van der Waals surface area contributed by atoms with Gasteiger partial charge in [0.1, 0.15) is 0 Å². The van der Waals surface area contributed by atoms with Crippen LogP contribution in [0, 0.1) is 11.3 Å². The van der Waals surface area contributed by atoms with E-state index >= 15 is 0 Å². The fraction of sp³-hybridized carbons (Fsp3) is 0.0577. The summed E-state index contributed by atoms with van der Waals surface area (Å²) in [5, 5.41) is 9.70. The van der Waals surface area contributed by atoms with Crippen LogP contribution in [0.3, 0.4) is 0 Å². The largest absolute Gasteiger partial charge is 0.264 e. The molecule has 7 nitrogen and oxygen atoms in total. The second kappa shape index (κ2) is 14.5. The van der Waals surface area contributed by atoms with E-state index in [1.807, 2.05) is 85.3 Å². The molecule has 0 saturated heterocycles. The quantitative estimate of drug-likeness (QED) is 0.159. The van der Waals surface area contributed by atoms with Crippen molar-refractivity contribution >= 4 is 0 Å². The minimum absolute atomic E-state index is 0.288. The molecule has 0 spiro atoms. The summed E-state index contributed by atoms with van der Waals surface area (Å²) in [4.78, 5) is 28.7. The van der Waals surface area contributed by atoms with Crippen molar-refractivity contribution in [3.05, 3.63) is 193 Å². The average Bonchev–Trinajstić information content (AvgIpc) is 3.54. The topological polar surface area (TPSA) is 101 Å². The summed E-state index contributed by atoms with van der Waals surface area (Å²) in [5.74, 6) is 1.67. The lowest BCUT2D eigenvalue weighted by Gasteiger charge is -2.22. The van der Waals surface area contributed by atoms with Crippen LogP contribution in [-0.2, 0) is 5.41 Å². The van der Waals surface area contributed by atoms with Gasteiger partial charge in [0.25, 0.3) is 0 Å². The van der Waals surface area contributed by atoms with Gasteiger partial charge in [0.2, 0.25) is 0 Å². The maximum atomic E-state index is 9.70. The summed E-state index contributed by atoms with van der Waals surface area (Å²) in [5.41, 5.74) is 15.8. The first kappa shape index (κ1) is 35.5. The van der Waals surface area contributed by atoms with Gasteiger partial charge < -0.3 is 0 Å². The predicted molar refractivity (Wildman–Crippen MR) is 234 cm³/mol. The Hall–Kier alpha value is -7.95. The molecule has 0 aliphatic heterocycles. The Bertz CT molecular complexity index is 2980. The lowest BCUT2D eigenvalue weighted by atomic mass is 9.81. The van der Waals surface area contributed by atoms with Gasteiger partial charge in [0.15, 0.2) is 17.5 Å². The Kier molecular flexibility index (Phi) is 8.73. The number of pyridine rings is 3. The molecule has 4 heterocycles. The second-order valence-electron chi connectivity index (χ2n) is 15.2. The summed E-state index contributed by atoms with van der Waals surface area (Å²) >= 11 is 0. The maximum Gasteiger partial charge on any atom is 0.164 e. The molecule has 0 fully saturated rings. The predicted octanol–water partition coefficient (Wildman–Crippen LogP) is 11.9. The van der Waals surface area contributed by atoms with Gasteiger partial charge in [0, 0.05) is 76.0 Å². The number of aromatic nitrogens is 6. The van der Waals surface area contributed by atoms with E-state index in [9.17, 15) is 5.26 Å². The van der Waals surface area contributed by atoms with E-state index in [1.165, 1.54) is 22.3 Å². The van der Waals surface area contributed by atoms with Gasteiger partial charge in [-0.1, -0.05) is 86.6 Å². The van der Waals surface area contributed by atoms with Crippen molar-refractivity contribution in [2.24, 2.45) is 0 Å². The molecule has 0 unspecified atom stereocenters. The average molecular weight is 758 g/mol. The lowest BCUT2D eigenvalue weighted by Crippen LogP contribution is -2.15. The van der Waals surface area contributed by atoms with Gasteiger partial charge in [-0.05, 0) is 117 Å². The molecular formula is C52H35N7. The monoisotopic (exact) mass is 757 g/mol. The number of nitriles is 1. The van der Waals surface area contributed by atoms with Crippen molar-refractivity contribution in [1.29, 1.82) is 5.26 Å². The first-order valence-electron chi connectivity index (χ1n) is 19.4. The van der Waals surface area contributed by atoms with Crippen molar-refractivity contribution in [2.75, 3.05) is 0 Å².